The summed E-state index contributed by atoms with van der Waals surface area (Å²) in [6, 6.07) is 8.66. The molecule has 2 aromatic carbocycles. The highest BCUT2D eigenvalue weighted by Crippen LogP contribution is 2.36. The summed E-state index contributed by atoms with van der Waals surface area (Å²) in [6.07, 6.45) is 0.186. The first-order valence-electron chi connectivity index (χ1n) is 9.02. The molecule has 5 rings (SSSR count). The van der Waals surface area contributed by atoms with Gasteiger partial charge in [-0.25, -0.2) is 8.78 Å². The Bertz CT molecular complexity index is 1100. The van der Waals surface area contributed by atoms with E-state index < -0.39 is 11.6 Å². The van der Waals surface area contributed by atoms with E-state index in [9.17, 15) is 13.6 Å². The molecule has 29 heavy (non-hydrogen) atoms. The number of ether oxygens (including phenoxy) is 2. The van der Waals surface area contributed by atoms with Gasteiger partial charge >= 0.3 is 0 Å². The maximum absolute atomic E-state index is 13.9. The van der Waals surface area contributed by atoms with E-state index in [0.29, 0.717) is 35.3 Å². The van der Waals surface area contributed by atoms with Crippen molar-refractivity contribution in [1.29, 1.82) is 0 Å². The van der Waals surface area contributed by atoms with Crippen molar-refractivity contribution in [3.8, 4) is 22.9 Å². The number of rotatable bonds is 4. The molecule has 3 aromatic rings. The van der Waals surface area contributed by atoms with Gasteiger partial charge in [-0.3, -0.25) is 4.79 Å². The molecular weight excluding hydrogens is 384 g/mol. The van der Waals surface area contributed by atoms with Gasteiger partial charge in [0.25, 0.3) is 0 Å². The van der Waals surface area contributed by atoms with E-state index in [0.717, 1.165) is 6.07 Å². The zero-order valence-corrected chi connectivity index (χ0v) is 15.1. The number of halogens is 2. The third kappa shape index (κ3) is 3.28. The molecule has 0 aliphatic carbocycles. The summed E-state index contributed by atoms with van der Waals surface area (Å²) in [4.78, 5) is 18.3. The van der Waals surface area contributed by atoms with E-state index in [1.165, 1.54) is 17.0 Å². The lowest BCUT2D eigenvalue weighted by Gasteiger charge is -2.16. The van der Waals surface area contributed by atoms with Gasteiger partial charge in [0, 0.05) is 36.7 Å². The quantitative estimate of drug-likeness (QED) is 0.670. The maximum atomic E-state index is 13.9. The number of carbonyl (C=O) groups is 1. The first kappa shape index (κ1) is 17.6. The normalized spacial score (nSPS) is 17.9. The van der Waals surface area contributed by atoms with Crippen molar-refractivity contribution in [2.24, 2.45) is 0 Å². The van der Waals surface area contributed by atoms with Crippen LogP contribution in [0.25, 0.3) is 11.4 Å². The fraction of sp³-hybridized carbons (Fsp3) is 0.250. The number of amides is 1. The van der Waals surface area contributed by atoms with Crippen molar-refractivity contribution in [2.45, 2.75) is 18.9 Å². The number of benzene rings is 2. The van der Waals surface area contributed by atoms with E-state index in [1.54, 1.807) is 18.2 Å². The van der Waals surface area contributed by atoms with Crippen LogP contribution < -0.4 is 9.47 Å². The van der Waals surface area contributed by atoms with Gasteiger partial charge in [0.15, 0.2) is 11.5 Å². The Labute approximate surface area is 163 Å². The lowest BCUT2D eigenvalue weighted by Crippen LogP contribution is -2.25. The Hall–Kier alpha value is -3.49. The van der Waals surface area contributed by atoms with Crippen LogP contribution in [0.3, 0.4) is 0 Å². The average molecular weight is 399 g/mol. The Morgan fingerprint density at radius 2 is 1.97 bits per heavy atom. The number of hydrogen-bond donors (Lipinski definition) is 0. The number of aromatic nitrogens is 2. The predicted octanol–water partition coefficient (Wildman–Crippen LogP) is 3.26. The molecule has 1 fully saturated rings. The van der Waals surface area contributed by atoms with E-state index in [1.807, 2.05) is 0 Å². The number of fused-ring (bicyclic) bond motifs is 1. The van der Waals surface area contributed by atoms with E-state index in [-0.39, 0.29) is 37.1 Å². The molecule has 9 heteroatoms. The summed E-state index contributed by atoms with van der Waals surface area (Å²) in [5, 5.41) is 4.00. The molecule has 1 unspecified atom stereocenters. The van der Waals surface area contributed by atoms with Crippen molar-refractivity contribution in [2.75, 3.05) is 13.3 Å². The van der Waals surface area contributed by atoms with Crippen LogP contribution in [0.5, 0.6) is 11.5 Å². The number of likely N-dealkylation sites (tertiary alicyclic amines) is 1. The molecule has 1 amide bonds. The number of hydrogen-bond acceptors (Lipinski definition) is 6. The minimum Gasteiger partial charge on any atom is -0.454 e. The lowest BCUT2D eigenvalue weighted by atomic mass is 10.1. The topological polar surface area (TPSA) is 77.7 Å². The third-order valence-electron chi connectivity index (χ3n) is 5.01. The smallest absolute Gasteiger partial charge is 0.232 e. The Morgan fingerprint density at radius 3 is 2.83 bits per heavy atom. The Balaban J connectivity index is 1.32. The average Bonchev–Trinajstić information content (AvgIpc) is 3.43. The van der Waals surface area contributed by atoms with Gasteiger partial charge in [-0.15, -0.1) is 0 Å². The van der Waals surface area contributed by atoms with E-state index in [2.05, 4.69) is 10.1 Å². The van der Waals surface area contributed by atoms with Crippen LogP contribution >= 0.6 is 0 Å². The third-order valence-corrected chi connectivity index (χ3v) is 5.01. The summed E-state index contributed by atoms with van der Waals surface area (Å²) >= 11 is 0. The molecule has 0 spiro atoms. The van der Waals surface area contributed by atoms with Crippen molar-refractivity contribution in [1.82, 2.24) is 15.0 Å². The van der Waals surface area contributed by atoms with Crippen LogP contribution in [0.1, 0.15) is 23.8 Å². The van der Waals surface area contributed by atoms with Gasteiger partial charge in [0.1, 0.15) is 11.6 Å². The van der Waals surface area contributed by atoms with Gasteiger partial charge in [0.05, 0.1) is 5.92 Å². The second-order valence-electron chi connectivity index (χ2n) is 6.94. The van der Waals surface area contributed by atoms with Crippen LogP contribution in [-0.2, 0) is 11.3 Å². The second-order valence-corrected chi connectivity index (χ2v) is 6.94. The minimum atomic E-state index is -0.677. The lowest BCUT2D eigenvalue weighted by molar-refractivity contribution is -0.128. The van der Waals surface area contributed by atoms with Gasteiger partial charge < -0.3 is 18.9 Å². The van der Waals surface area contributed by atoms with Crippen molar-refractivity contribution in [3.63, 3.8) is 0 Å². The van der Waals surface area contributed by atoms with E-state index >= 15 is 0 Å². The molecule has 0 bridgehead atoms. The van der Waals surface area contributed by atoms with Crippen molar-refractivity contribution >= 4 is 5.91 Å². The SMILES string of the molecule is O=C1CC(c2nc(-c3ccc4c(c3)OCO4)no2)CN1Cc1ccc(F)cc1F. The first-order valence-corrected chi connectivity index (χ1v) is 9.02. The zero-order valence-electron chi connectivity index (χ0n) is 15.1. The first-order chi connectivity index (χ1) is 14.1. The summed E-state index contributed by atoms with van der Waals surface area (Å²) in [5.74, 6) is 0.215. The maximum Gasteiger partial charge on any atom is 0.232 e. The van der Waals surface area contributed by atoms with Crippen molar-refractivity contribution < 1.29 is 27.6 Å². The summed E-state index contributed by atoms with van der Waals surface area (Å²) in [6.45, 7) is 0.550. The van der Waals surface area contributed by atoms with Crippen LogP contribution in [0.2, 0.25) is 0 Å². The standard InChI is InChI=1S/C20H15F2N3O4/c21-14-3-1-12(15(22)7-14)8-25-9-13(6-18(25)26)20-23-19(24-29-20)11-2-4-16-17(5-11)28-10-27-16/h1-5,7,13H,6,8-10H2. The second kappa shape index (κ2) is 6.84. The number of nitrogens with zero attached hydrogens (tertiary/aromatic N) is 3. The fourth-order valence-electron chi connectivity index (χ4n) is 3.50. The highest BCUT2D eigenvalue weighted by atomic mass is 19.1. The Kier molecular flexibility index (Phi) is 4.15. The molecule has 0 N–H and O–H groups in total. The fourth-order valence-corrected chi connectivity index (χ4v) is 3.50. The molecule has 2 aliphatic heterocycles. The minimum absolute atomic E-state index is 0.0601. The predicted molar refractivity (Wildman–Crippen MR) is 95.0 cm³/mol. The van der Waals surface area contributed by atoms with Crippen LogP contribution in [0, 0.1) is 11.6 Å². The molecule has 0 radical (unpaired) electrons. The molecule has 1 atom stereocenters. The summed E-state index contributed by atoms with van der Waals surface area (Å²) in [7, 11) is 0. The molecule has 3 heterocycles. The van der Waals surface area contributed by atoms with Gasteiger partial charge in [-0.2, -0.15) is 4.98 Å². The highest BCUT2D eigenvalue weighted by molar-refractivity contribution is 5.79. The summed E-state index contributed by atoms with van der Waals surface area (Å²) < 4.78 is 43.0. The zero-order chi connectivity index (χ0) is 20.0. The summed E-state index contributed by atoms with van der Waals surface area (Å²) in [5.41, 5.74) is 0.964. The molecular formula is C20H15F2N3O4. The van der Waals surface area contributed by atoms with E-state index in [4.69, 9.17) is 14.0 Å². The largest absolute Gasteiger partial charge is 0.454 e. The molecule has 0 saturated carbocycles. The highest BCUT2D eigenvalue weighted by Gasteiger charge is 2.34. The van der Waals surface area contributed by atoms with Gasteiger partial charge in [-0.1, -0.05) is 11.2 Å². The molecule has 7 nitrogen and oxygen atoms in total. The number of carbonyl (C=O) groups excluding carboxylic acids is 1. The van der Waals surface area contributed by atoms with Crippen LogP contribution in [-0.4, -0.2) is 34.3 Å². The molecule has 2 aliphatic rings. The van der Waals surface area contributed by atoms with Gasteiger partial charge in [-0.05, 0) is 24.3 Å². The Morgan fingerprint density at radius 1 is 1.10 bits per heavy atom. The van der Waals surface area contributed by atoms with Crippen molar-refractivity contribution in [3.05, 3.63) is 59.5 Å². The molecule has 1 aromatic heterocycles. The monoisotopic (exact) mass is 399 g/mol. The van der Waals surface area contributed by atoms with Gasteiger partial charge in [0.2, 0.25) is 24.4 Å². The molecule has 148 valence electrons. The van der Waals surface area contributed by atoms with Crippen LogP contribution in [0.4, 0.5) is 8.78 Å². The molecule has 1 saturated heterocycles. The van der Waals surface area contributed by atoms with Crippen LogP contribution in [0.15, 0.2) is 40.9 Å².